The fraction of sp³-hybridized carbons (Fsp3) is 0.889. The van der Waals surface area contributed by atoms with Crippen molar-refractivity contribution < 1.29 is 19.4 Å². The van der Waals surface area contributed by atoms with Gasteiger partial charge < -0.3 is 19.5 Å². The second-order valence-corrected chi connectivity index (χ2v) is 3.12. The number of aliphatic hydroxyl groups is 1. The van der Waals surface area contributed by atoms with E-state index < -0.39 is 6.09 Å². The number of carbonyl (C=O) groups is 1. The third-order valence-corrected chi connectivity index (χ3v) is 1.71. The number of carbonyl (C=O) groups excluding carboxylic acids is 1. The van der Waals surface area contributed by atoms with Gasteiger partial charge in [0, 0.05) is 19.7 Å². The predicted molar refractivity (Wildman–Crippen MR) is 52.2 cm³/mol. The largest absolute Gasteiger partial charge is 0.447 e. The molecule has 0 unspecified atom stereocenters. The molecule has 0 aromatic rings. The zero-order chi connectivity index (χ0) is 11.0. The molecule has 1 N–H and O–H groups in total. The van der Waals surface area contributed by atoms with Gasteiger partial charge in [-0.1, -0.05) is 0 Å². The molecular weight excluding hydrogens is 186 g/mol. The summed E-state index contributed by atoms with van der Waals surface area (Å²) in [7, 11) is 1.58. The average Bonchev–Trinajstić information content (AvgIpc) is 2.14. The second kappa shape index (κ2) is 7.58. The van der Waals surface area contributed by atoms with Crippen LogP contribution in [0.25, 0.3) is 0 Å². The Kier molecular flexibility index (Phi) is 7.14. The van der Waals surface area contributed by atoms with Crippen molar-refractivity contribution in [2.75, 3.05) is 33.5 Å². The van der Waals surface area contributed by atoms with Gasteiger partial charge in [0.1, 0.15) is 6.61 Å². The van der Waals surface area contributed by atoms with Gasteiger partial charge in [-0.25, -0.2) is 4.79 Å². The van der Waals surface area contributed by atoms with Crippen molar-refractivity contribution in [1.29, 1.82) is 0 Å². The first-order chi connectivity index (χ1) is 6.63. The van der Waals surface area contributed by atoms with Crippen LogP contribution in [0.1, 0.15) is 13.8 Å². The van der Waals surface area contributed by atoms with Crippen LogP contribution in [-0.2, 0) is 9.47 Å². The minimum Gasteiger partial charge on any atom is -0.447 e. The molecule has 0 bridgehead atoms. The van der Waals surface area contributed by atoms with Gasteiger partial charge in [-0.3, -0.25) is 0 Å². The number of methoxy groups -OCH3 is 1. The Morgan fingerprint density at radius 3 is 2.50 bits per heavy atom. The number of hydrogen-bond acceptors (Lipinski definition) is 4. The topological polar surface area (TPSA) is 59.0 Å². The van der Waals surface area contributed by atoms with Crippen LogP contribution in [0.3, 0.4) is 0 Å². The third-order valence-electron chi connectivity index (χ3n) is 1.71. The molecule has 1 amide bonds. The third kappa shape index (κ3) is 5.04. The van der Waals surface area contributed by atoms with E-state index in [-0.39, 0.29) is 19.3 Å². The van der Waals surface area contributed by atoms with Crippen LogP contribution < -0.4 is 0 Å². The van der Waals surface area contributed by atoms with Gasteiger partial charge in [0.15, 0.2) is 0 Å². The molecule has 0 aliphatic carbocycles. The minimum atomic E-state index is -0.411. The quantitative estimate of drug-likeness (QED) is 0.685. The normalized spacial score (nSPS) is 10.4. The van der Waals surface area contributed by atoms with E-state index >= 15 is 0 Å². The van der Waals surface area contributed by atoms with Crippen molar-refractivity contribution in [3.63, 3.8) is 0 Å². The van der Waals surface area contributed by atoms with Crippen LogP contribution in [0.4, 0.5) is 4.79 Å². The molecule has 0 fully saturated rings. The van der Waals surface area contributed by atoms with E-state index in [0.717, 1.165) is 0 Å². The summed E-state index contributed by atoms with van der Waals surface area (Å²) in [5.74, 6) is 0. The van der Waals surface area contributed by atoms with Gasteiger partial charge >= 0.3 is 6.09 Å². The Labute approximate surface area is 84.6 Å². The molecule has 0 radical (unpaired) electrons. The Morgan fingerprint density at radius 2 is 2.07 bits per heavy atom. The maximum Gasteiger partial charge on any atom is 0.410 e. The average molecular weight is 205 g/mol. The summed E-state index contributed by atoms with van der Waals surface area (Å²) in [5.41, 5.74) is 0. The SMILES string of the molecule is COCCN(C(=O)OCCO)C(C)C. The maximum absolute atomic E-state index is 11.4. The van der Waals surface area contributed by atoms with Crippen molar-refractivity contribution in [2.45, 2.75) is 19.9 Å². The van der Waals surface area contributed by atoms with Crippen LogP contribution >= 0.6 is 0 Å². The number of amides is 1. The highest BCUT2D eigenvalue weighted by atomic mass is 16.6. The van der Waals surface area contributed by atoms with Crippen LogP contribution in [0.2, 0.25) is 0 Å². The van der Waals surface area contributed by atoms with E-state index in [1.54, 1.807) is 12.0 Å². The van der Waals surface area contributed by atoms with Crippen LogP contribution in [-0.4, -0.2) is 55.6 Å². The summed E-state index contributed by atoms with van der Waals surface area (Å²) < 4.78 is 9.67. The summed E-state index contributed by atoms with van der Waals surface area (Å²) in [4.78, 5) is 12.9. The molecule has 5 heteroatoms. The summed E-state index contributed by atoms with van der Waals surface area (Å²) in [5, 5.41) is 8.49. The van der Waals surface area contributed by atoms with Gasteiger partial charge in [-0.2, -0.15) is 0 Å². The molecule has 0 aliphatic heterocycles. The van der Waals surface area contributed by atoms with Gasteiger partial charge in [-0.05, 0) is 13.8 Å². The van der Waals surface area contributed by atoms with Gasteiger partial charge in [0.05, 0.1) is 13.2 Å². The lowest BCUT2D eigenvalue weighted by Gasteiger charge is -2.25. The maximum atomic E-state index is 11.4. The summed E-state index contributed by atoms with van der Waals surface area (Å²) in [6.07, 6.45) is -0.411. The fourth-order valence-electron chi connectivity index (χ4n) is 0.966. The number of nitrogens with zero attached hydrogens (tertiary/aromatic N) is 1. The first kappa shape index (κ1) is 13.2. The first-order valence-corrected chi connectivity index (χ1v) is 4.66. The van der Waals surface area contributed by atoms with Crippen molar-refractivity contribution in [1.82, 2.24) is 4.90 Å². The number of hydrogen-bond donors (Lipinski definition) is 1. The smallest absolute Gasteiger partial charge is 0.410 e. The Bertz CT molecular complexity index is 161. The van der Waals surface area contributed by atoms with Gasteiger partial charge in [-0.15, -0.1) is 0 Å². The van der Waals surface area contributed by atoms with Crippen molar-refractivity contribution >= 4 is 6.09 Å². The summed E-state index contributed by atoms with van der Waals surface area (Å²) >= 11 is 0. The molecule has 0 aromatic carbocycles. The van der Waals surface area contributed by atoms with Crippen molar-refractivity contribution in [2.24, 2.45) is 0 Å². The van der Waals surface area contributed by atoms with Crippen LogP contribution in [0.5, 0.6) is 0 Å². The Hall–Kier alpha value is -0.810. The molecular formula is C9H19NO4. The Morgan fingerprint density at radius 1 is 1.43 bits per heavy atom. The molecule has 84 valence electrons. The first-order valence-electron chi connectivity index (χ1n) is 4.66. The molecule has 0 atom stereocenters. The van der Waals surface area contributed by atoms with Gasteiger partial charge in [0.25, 0.3) is 0 Å². The highest BCUT2D eigenvalue weighted by Gasteiger charge is 2.17. The lowest BCUT2D eigenvalue weighted by molar-refractivity contribution is 0.0640. The molecule has 0 saturated heterocycles. The van der Waals surface area contributed by atoms with Crippen molar-refractivity contribution in [3.05, 3.63) is 0 Å². The van der Waals surface area contributed by atoms with Crippen LogP contribution in [0, 0.1) is 0 Å². The van der Waals surface area contributed by atoms with Crippen LogP contribution in [0.15, 0.2) is 0 Å². The number of rotatable bonds is 6. The molecule has 0 rings (SSSR count). The molecule has 0 aliphatic rings. The highest BCUT2D eigenvalue weighted by Crippen LogP contribution is 2.01. The molecule has 0 heterocycles. The Balaban J connectivity index is 3.98. The zero-order valence-electron chi connectivity index (χ0n) is 9.02. The molecule has 14 heavy (non-hydrogen) atoms. The molecule has 0 saturated carbocycles. The monoisotopic (exact) mass is 205 g/mol. The lowest BCUT2D eigenvalue weighted by atomic mass is 10.3. The zero-order valence-corrected chi connectivity index (χ0v) is 9.02. The van der Waals surface area contributed by atoms with E-state index in [9.17, 15) is 4.79 Å². The van der Waals surface area contributed by atoms with E-state index in [1.165, 1.54) is 0 Å². The van der Waals surface area contributed by atoms with Crippen molar-refractivity contribution in [3.8, 4) is 0 Å². The fourth-order valence-corrected chi connectivity index (χ4v) is 0.966. The highest BCUT2D eigenvalue weighted by molar-refractivity contribution is 5.67. The van der Waals surface area contributed by atoms with E-state index in [0.29, 0.717) is 13.2 Å². The van der Waals surface area contributed by atoms with Gasteiger partial charge in [0.2, 0.25) is 0 Å². The molecule has 5 nitrogen and oxygen atoms in total. The second-order valence-electron chi connectivity index (χ2n) is 3.12. The number of aliphatic hydroxyl groups excluding tert-OH is 1. The minimum absolute atomic E-state index is 0.0367. The number of ether oxygens (including phenoxy) is 2. The van der Waals surface area contributed by atoms with E-state index in [1.807, 2.05) is 13.8 Å². The summed E-state index contributed by atoms with van der Waals surface area (Å²) in [6, 6.07) is 0.0661. The lowest BCUT2D eigenvalue weighted by Crippen LogP contribution is -2.40. The van der Waals surface area contributed by atoms with E-state index in [2.05, 4.69) is 0 Å². The molecule has 0 aromatic heterocycles. The van der Waals surface area contributed by atoms with E-state index in [4.69, 9.17) is 14.6 Å². The summed E-state index contributed by atoms with van der Waals surface area (Å²) in [6.45, 7) is 4.66. The standard InChI is InChI=1S/C9H19NO4/c1-8(2)10(4-6-13-3)9(12)14-7-5-11/h8,11H,4-7H2,1-3H3. The molecule has 0 spiro atoms. The predicted octanol–water partition coefficient (Wildman–Crippen LogP) is 0.472.